The molecule has 2 fully saturated rings. The summed E-state index contributed by atoms with van der Waals surface area (Å²) in [5.41, 5.74) is 15.6. The van der Waals surface area contributed by atoms with Gasteiger partial charge < -0.3 is 5.73 Å². The maximum Gasteiger partial charge on any atom is 0.147 e. The second-order valence-electron chi connectivity index (χ2n) is 9.63. The fourth-order valence-corrected chi connectivity index (χ4v) is 4.62. The highest BCUT2D eigenvalue weighted by Gasteiger charge is 2.58. The summed E-state index contributed by atoms with van der Waals surface area (Å²) >= 11 is 0. The number of amidine groups is 1. The first-order valence-corrected chi connectivity index (χ1v) is 9.99. The third-order valence-corrected chi connectivity index (χ3v) is 5.97. The number of hydrogen-bond donors (Lipinski definition) is 2. The van der Waals surface area contributed by atoms with Crippen LogP contribution in [0.25, 0.3) is 0 Å². The maximum atomic E-state index is 5.90. The number of hydrogen-bond acceptors (Lipinski definition) is 3. The molecule has 0 aromatic carbocycles. The molecule has 4 heteroatoms. The molecule has 0 aromatic heterocycles. The van der Waals surface area contributed by atoms with Crippen LogP contribution in [0.5, 0.6) is 0 Å². The lowest BCUT2D eigenvalue weighted by Crippen LogP contribution is -2.41. The van der Waals surface area contributed by atoms with E-state index in [1.807, 2.05) is 0 Å². The summed E-state index contributed by atoms with van der Waals surface area (Å²) in [5.74, 6) is 1.77. The van der Waals surface area contributed by atoms with Gasteiger partial charge in [-0.15, -0.1) is 0 Å². The van der Waals surface area contributed by atoms with E-state index in [1.54, 1.807) is 0 Å². The fourth-order valence-electron chi connectivity index (χ4n) is 4.62. The number of nitrogens with one attached hydrogen (secondary N) is 1. The van der Waals surface area contributed by atoms with Gasteiger partial charge in [0.1, 0.15) is 5.84 Å². The summed E-state index contributed by atoms with van der Waals surface area (Å²) in [6.07, 6.45) is 6.73. The Hall–Kier alpha value is -1.39. The molecule has 1 saturated carbocycles. The van der Waals surface area contributed by atoms with E-state index in [2.05, 4.69) is 71.1 Å². The summed E-state index contributed by atoms with van der Waals surface area (Å²) in [5, 5.41) is 2.31. The predicted octanol–water partition coefficient (Wildman–Crippen LogP) is 4.18. The van der Waals surface area contributed by atoms with Gasteiger partial charge in [-0.25, -0.2) is 5.43 Å². The van der Waals surface area contributed by atoms with Crippen LogP contribution in [0, 0.1) is 16.7 Å². The van der Waals surface area contributed by atoms with Gasteiger partial charge in [-0.3, -0.25) is 10.0 Å². The molecule has 1 saturated heterocycles. The Kier molecular flexibility index (Phi) is 4.95. The standard InChI is InChI=1S/C22H36N4/c1-8-16-18(9-10-23)25-26(20(16)24-13-21(4,5)6)19-15(3)11-14(2)17-12-22(17,19)7/h8,11,17-18,25H,9-10,12-13,23H2,1-7H3/b16-8-,24-20?/t17?,18?,22-/m0/s1. The van der Waals surface area contributed by atoms with E-state index in [1.165, 1.54) is 28.8 Å². The summed E-state index contributed by atoms with van der Waals surface area (Å²) in [6, 6.07) is 0.247. The van der Waals surface area contributed by atoms with Gasteiger partial charge in [0.15, 0.2) is 0 Å². The highest BCUT2D eigenvalue weighted by Crippen LogP contribution is 2.64. The first kappa shape index (κ1) is 19.4. The van der Waals surface area contributed by atoms with Crippen molar-refractivity contribution in [3.8, 4) is 0 Å². The summed E-state index contributed by atoms with van der Waals surface area (Å²) in [6.45, 7) is 17.3. The average Bonchev–Trinajstić information content (AvgIpc) is 3.11. The number of fused-ring (bicyclic) bond motifs is 1. The van der Waals surface area contributed by atoms with Crippen LogP contribution in [0.3, 0.4) is 0 Å². The van der Waals surface area contributed by atoms with E-state index in [9.17, 15) is 0 Å². The van der Waals surface area contributed by atoms with Gasteiger partial charge in [-0.1, -0.05) is 45.4 Å². The van der Waals surface area contributed by atoms with Crippen molar-refractivity contribution in [1.29, 1.82) is 0 Å². The van der Waals surface area contributed by atoms with Crippen LogP contribution in [0.1, 0.15) is 61.3 Å². The van der Waals surface area contributed by atoms with Crippen molar-refractivity contribution in [1.82, 2.24) is 10.4 Å². The van der Waals surface area contributed by atoms with Crippen molar-refractivity contribution >= 4 is 5.84 Å². The Labute approximate surface area is 159 Å². The summed E-state index contributed by atoms with van der Waals surface area (Å²) < 4.78 is 0. The smallest absolute Gasteiger partial charge is 0.147 e. The van der Waals surface area contributed by atoms with Gasteiger partial charge in [0.05, 0.1) is 6.04 Å². The normalized spacial score (nSPS) is 34.6. The molecule has 0 amide bonds. The lowest BCUT2D eigenvalue weighted by molar-refractivity contribution is 0.313. The van der Waals surface area contributed by atoms with Gasteiger partial charge >= 0.3 is 0 Å². The van der Waals surface area contributed by atoms with Crippen LogP contribution >= 0.6 is 0 Å². The quantitative estimate of drug-likeness (QED) is 0.795. The van der Waals surface area contributed by atoms with Gasteiger partial charge in [-0.05, 0) is 57.1 Å². The molecule has 0 bridgehead atoms. The lowest BCUT2D eigenvalue weighted by Gasteiger charge is -2.32. The van der Waals surface area contributed by atoms with Crippen LogP contribution in [0.2, 0.25) is 0 Å². The monoisotopic (exact) mass is 356 g/mol. The van der Waals surface area contributed by atoms with Gasteiger partial charge in [-0.2, -0.15) is 0 Å². The molecule has 3 aliphatic rings. The van der Waals surface area contributed by atoms with Crippen molar-refractivity contribution in [2.45, 2.75) is 67.3 Å². The molecule has 4 nitrogen and oxygen atoms in total. The molecule has 2 aliphatic carbocycles. The molecule has 144 valence electrons. The molecule has 0 spiro atoms. The summed E-state index contributed by atoms with van der Waals surface area (Å²) in [4.78, 5) is 5.09. The molecule has 0 aromatic rings. The highest BCUT2D eigenvalue weighted by atomic mass is 15.6. The van der Waals surface area contributed by atoms with E-state index < -0.39 is 0 Å². The number of hydrazine groups is 1. The Bertz CT molecular complexity index is 704. The van der Waals surface area contributed by atoms with Crippen LogP contribution in [0.15, 0.2) is 39.6 Å². The fraction of sp³-hybridized carbons (Fsp3) is 0.682. The molecular formula is C22H36N4. The third-order valence-electron chi connectivity index (χ3n) is 5.97. The van der Waals surface area contributed by atoms with E-state index in [4.69, 9.17) is 10.7 Å². The molecule has 26 heavy (non-hydrogen) atoms. The van der Waals surface area contributed by atoms with E-state index in [0.717, 1.165) is 18.8 Å². The maximum absolute atomic E-state index is 5.90. The van der Waals surface area contributed by atoms with Crippen LogP contribution < -0.4 is 11.2 Å². The topological polar surface area (TPSA) is 53.6 Å². The van der Waals surface area contributed by atoms with E-state index in [0.29, 0.717) is 12.5 Å². The minimum Gasteiger partial charge on any atom is -0.330 e. The zero-order valence-corrected chi connectivity index (χ0v) is 17.6. The average molecular weight is 357 g/mol. The van der Waals surface area contributed by atoms with E-state index >= 15 is 0 Å². The predicted molar refractivity (Wildman–Crippen MR) is 111 cm³/mol. The minimum absolute atomic E-state index is 0.169. The van der Waals surface area contributed by atoms with Crippen LogP contribution in [0.4, 0.5) is 0 Å². The Morgan fingerprint density at radius 2 is 2.08 bits per heavy atom. The van der Waals surface area contributed by atoms with Crippen molar-refractivity contribution in [3.05, 3.63) is 34.6 Å². The lowest BCUT2D eigenvalue weighted by atomic mass is 9.88. The SMILES string of the molecule is C/C=C1\C(=NCC(C)(C)C)N(C2=C(C)C=C(C)C3C[C@]23C)NC1CCN. The Balaban J connectivity index is 2.05. The number of allylic oxidation sites excluding steroid dienone is 5. The Morgan fingerprint density at radius 3 is 2.65 bits per heavy atom. The van der Waals surface area contributed by atoms with Crippen LogP contribution in [-0.2, 0) is 0 Å². The van der Waals surface area contributed by atoms with Crippen molar-refractivity contribution in [3.63, 3.8) is 0 Å². The van der Waals surface area contributed by atoms with Crippen molar-refractivity contribution in [2.24, 2.45) is 27.5 Å². The van der Waals surface area contributed by atoms with Crippen molar-refractivity contribution in [2.75, 3.05) is 13.1 Å². The molecule has 2 unspecified atom stereocenters. The molecule has 1 aliphatic heterocycles. The zero-order chi connectivity index (χ0) is 19.3. The van der Waals surface area contributed by atoms with E-state index in [-0.39, 0.29) is 16.9 Å². The van der Waals surface area contributed by atoms with Crippen molar-refractivity contribution < 1.29 is 0 Å². The highest BCUT2D eigenvalue weighted by molar-refractivity contribution is 6.02. The second kappa shape index (κ2) is 6.65. The number of rotatable bonds is 4. The number of nitrogens with two attached hydrogens (primary N) is 1. The zero-order valence-electron chi connectivity index (χ0n) is 17.6. The first-order valence-electron chi connectivity index (χ1n) is 9.99. The molecule has 3 rings (SSSR count). The molecule has 3 atom stereocenters. The first-order chi connectivity index (χ1) is 12.1. The summed E-state index contributed by atoms with van der Waals surface area (Å²) in [7, 11) is 0. The molecular weight excluding hydrogens is 320 g/mol. The third kappa shape index (κ3) is 3.29. The second-order valence-corrected chi connectivity index (χ2v) is 9.63. The van der Waals surface area contributed by atoms with Gasteiger partial charge in [0.25, 0.3) is 0 Å². The number of nitrogens with zero attached hydrogens (tertiary/aromatic N) is 2. The Morgan fingerprint density at radius 1 is 1.38 bits per heavy atom. The van der Waals surface area contributed by atoms with Crippen LogP contribution in [-0.4, -0.2) is 30.0 Å². The minimum atomic E-state index is 0.169. The van der Waals surface area contributed by atoms with Gasteiger partial charge in [0.2, 0.25) is 0 Å². The number of aliphatic imine (C=N–C) groups is 1. The van der Waals surface area contributed by atoms with Gasteiger partial charge in [0, 0.05) is 23.2 Å². The molecule has 3 N–H and O–H groups in total. The molecule has 0 radical (unpaired) electrons. The largest absolute Gasteiger partial charge is 0.330 e. The molecule has 1 heterocycles.